The molecule has 2 unspecified atom stereocenters. The van der Waals surface area contributed by atoms with Gasteiger partial charge in [0.2, 0.25) is 0 Å². The minimum absolute atomic E-state index is 0. The van der Waals surface area contributed by atoms with Crippen LogP contribution in [0.1, 0.15) is 25.0 Å². The van der Waals surface area contributed by atoms with E-state index in [-0.39, 0.29) is 36.2 Å². The molecular formula is C23H34IN5O2. The summed E-state index contributed by atoms with van der Waals surface area (Å²) in [7, 11) is 5.51. The second-order valence-corrected chi connectivity index (χ2v) is 7.79. The summed E-state index contributed by atoms with van der Waals surface area (Å²) in [5, 5.41) is 3.42. The number of hydrogen-bond donors (Lipinski definition) is 1. The molecule has 2 atom stereocenters. The van der Waals surface area contributed by atoms with Crippen LogP contribution in [0.15, 0.2) is 47.6 Å². The third-order valence-electron chi connectivity index (χ3n) is 5.16. The summed E-state index contributed by atoms with van der Waals surface area (Å²) in [5.74, 6) is 2.70. The second-order valence-electron chi connectivity index (χ2n) is 7.79. The first-order valence-electron chi connectivity index (χ1n) is 10.4. The Labute approximate surface area is 202 Å². The van der Waals surface area contributed by atoms with E-state index >= 15 is 0 Å². The van der Waals surface area contributed by atoms with Gasteiger partial charge in [-0.3, -0.25) is 4.99 Å². The lowest BCUT2D eigenvalue weighted by molar-refractivity contribution is -0.00545. The van der Waals surface area contributed by atoms with Gasteiger partial charge in [0.05, 0.1) is 19.3 Å². The predicted molar refractivity (Wildman–Crippen MR) is 137 cm³/mol. The molecule has 0 radical (unpaired) electrons. The molecule has 0 bridgehead atoms. The van der Waals surface area contributed by atoms with Gasteiger partial charge in [-0.25, -0.2) is 4.98 Å². The van der Waals surface area contributed by atoms with Crippen molar-refractivity contribution in [3.8, 4) is 5.75 Å². The number of methoxy groups -OCH3 is 1. The molecule has 1 fully saturated rings. The highest BCUT2D eigenvalue weighted by Gasteiger charge is 2.23. The zero-order valence-corrected chi connectivity index (χ0v) is 21.4. The summed E-state index contributed by atoms with van der Waals surface area (Å²) in [4.78, 5) is 13.5. The van der Waals surface area contributed by atoms with E-state index in [0.717, 1.165) is 42.7 Å². The number of pyridine rings is 1. The molecule has 0 amide bonds. The van der Waals surface area contributed by atoms with Gasteiger partial charge >= 0.3 is 0 Å². The number of hydrogen-bond acceptors (Lipinski definition) is 5. The molecule has 170 valence electrons. The molecule has 0 spiro atoms. The van der Waals surface area contributed by atoms with Crippen LogP contribution >= 0.6 is 24.0 Å². The summed E-state index contributed by atoms with van der Waals surface area (Å²) in [6, 6.07) is 12.3. The molecule has 1 N–H and O–H groups in total. The Bertz CT molecular complexity index is 819. The van der Waals surface area contributed by atoms with E-state index in [9.17, 15) is 0 Å². The van der Waals surface area contributed by atoms with Gasteiger partial charge < -0.3 is 24.6 Å². The molecule has 1 saturated heterocycles. The fraction of sp³-hybridized carbons (Fsp3) is 0.478. The summed E-state index contributed by atoms with van der Waals surface area (Å²) in [6.07, 6.45) is 2.38. The standard InChI is InChI=1S/C23H33N5O2.HI/c1-17-14-28(15-18(2)30-17)22-11-8-20(12-25-22)13-26-23(24-3)27(4)16-19-6-9-21(29-5)10-7-19;/h6-12,17-18H,13-16H2,1-5H3,(H,24,26);1H. The molecule has 7 nitrogen and oxygen atoms in total. The first-order chi connectivity index (χ1) is 14.5. The summed E-state index contributed by atoms with van der Waals surface area (Å²) >= 11 is 0. The van der Waals surface area contributed by atoms with E-state index in [1.807, 2.05) is 25.4 Å². The molecule has 2 aromatic rings. The Morgan fingerprint density at radius 1 is 1.16 bits per heavy atom. The number of aliphatic imine (C=N–C) groups is 1. The first kappa shape index (κ1) is 25.2. The van der Waals surface area contributed by atoms with Crippen molar-refractivity contribution in [3.63, 3.8) is 0 Å². The second kappa shape index (κ2) is 12.1. The van der Waals surface area contributed by atoms with Crippen LogP contribution < -0.4 is 15.0 Å². The monoisotopic (exact) mass is 539 g/mol. The number of guanidine groups is 1. The van der Waals surface area contributed by atoms with Crippen LogP contribution in [0.4, 0.5) is 5.82 Å². The highest BCUT2D eigenvalue weighted by atomic mass is 127. The Kier molecular flexibility index (Phi) is 9.83. The minimum atomic E-state index is 0. The predicted octanol–water partition coefficient (Wildman–Crippen LogP) is 3.53. The molecular weight excluding hydrogens is 505 g/mol. The summed E-state index contributed by atoms with van der Waals surface area (Å²) in [5.41, 5.74) is 2.31. The van der Waals surface area contributed by atoms with Crippen molar-refractivity contribution in [1.29, 1.82) is 0 Å². The number of aromatic nitrogens is 1. The normalized spacial score (nSPS) is 18.9. The molecule has 1 aliphatic heterocycles. The quantitative estimate of drug-likeness (QED) is 0.345. The van der Waals surface area contributed by atoms with Crippen LogP contribution in [0, 0.1) is 0 Å². The van der Waals surface area contributed by atoms with E-state index < -0.39 is 0 Å². The Balaban J connectivity index is 0.00000341. The summed E-state index contributed by atoms with van der Waals surface area (Å²) in [6.45, 7) is 7.39. The lowest BCUT2D eigenvalue weighted by Crippen LogP contribution is -2.45. The van der Waals surface area contributed by atoms with Crippen molar-refractivity contribution in [2.45, 2.75) is 39.1 Å². The summed E-state index contributed by atoms with van der Waals surface area (Å²) < 4.78 is 11.0. The van der Waals surface area contributed by atoms with E-state index in [1.165, 1.54) is 5.56 Å². The van der Waals surface area contributed by atoms with E-state index in [4.69, 9.17) is 9.47 Å². The van der Waals surface area contributed by atoms with Crippen molar-refractivity contribution < 1.29 is 9.47 Å². The smallest absolute Gasteiger partial charge is 0.193 e. The SMILES string of the molecule is CN=C(NCc1ccc(N2CC(C)OC(C)C2)nc1)N(C)Cc1ccc(OC)cc1.I. The molecule has 0 saturated carbocycles. The van der Waals surface area contributed by atoms with Gasteiger partial charge in [0, 0.05) is 46.5 Å². The maximum Gasteiger partial charge on any atom is 0.193 e. The number of rotatable bonds is 6. The van der Waals surface area contributed by atoms with Crippen LogP contribution in [0.5, 0.6) is 5.75 Å². The van der Waals surface area contributed by atoms with Crippen molar-refractivity contribution in [2.24, 2.45) is 4.99 Å². The van der Waals surface area contributed by atoms with Gasteiger partial charge in [0.15, 0.2) is 5.96 Å². The van der Waals surface area contributed by atoms with Crippen molar-refractivity contribution in [3.05, 3.63) is 53.7 Å². The number of benzene rings is 1. The van der Waals surface area contributed by atoms with E-state index in [2.05, 4.69) is 63.2 Å². The van der Waals surface area contributed by atoms with Gasteiger partial charge in [-0.05, 0) is 43.2 Å². The lowest BCUT2D eigenvalue weighted by atomic mass is 10.2. The zero-order chi connectivity index (χ0) is 21.5. The molecule has 31 heavy (non-hydrogen) atoms. The number of halogens is 1. The maximum atomic E-state index is 5.81. The Morgan fingerprint density at radius 2 is 1.81 bits per heavy atom. The van der Waals surface area contributed by atoms with E-state index in [1.54, 1.807) is 14.2 Å². The van der Waals surface area contributed by atoms with Gasteiger partial charge in [-0.2, -0.15) is 0 Å². The highest BCUT2D eigenvalue weighted by molar-refractivity contribution is 14.0. The molecule has 2 heterocycles. The molecule has 0 aliphatic carbocycles. The largest absolute Gasteiger partial charge is 0.497 e. The molecule has 1 aliphatic rings. The molecule has 1 aromatic carbocycles. The van der Waals surface area contributed by atoms with Crippen LogP contribution in [0.25, 0.3) is 0 Å². The third kappa shape index (κ3) is 7.24. The van der Waals surface area contributed by atoms with Gasteiger partial charge in [0.25, 0.3) is 0 Å². The first-order valence-corrected chi connectivity index (χ1v) is 10.4. The van der Waals surface area contributed by atoms with Gasteiger partial charge in [-0.15, -0.1) is 24.0 Å². The molecule has 3 rings (SSSR count). The highest BCUT2D eigenvalue weighted by Crippen LogP contribution is 2.18. The Morgan fingerprint density at radius 3 is 2.35 bits per heavy atom. The van der Waals surface area contributed by atoms with Crippen molar-refractivity contribution in [1.82, 2.24) is 15.2 Å². The van der Waals surface area contributed by atoms with Gasteiger partial charge in [0.1, 0.15) is 11.6 Å². The Hall–Kier alpha value is -2.07. The van der Waals surface area contributed by atoms with Crippen LogP contribution in [-0.2, 0) is 17.8 Å². The van der Waals surface area contributed by atoms with Crippen LogP contribution in [0.3, 0.4) is 0 Å². The number of anilines is 1. The fourth-order valence-corrected chi connectivity index (χ4v) is 3.72. The third-order valence-corrected chi connectivity index (χ3v) is 5.16. The van der Waals surface area contributed by atoms with Crippen LogP contribution in [0.2, 0.25) is 0 Å². The average molecular weight is 539 g/mol. The topological polar surface area (TPSA) is 62.2 Å². The number of ether oxygens (including phenoxy) is 2. The minimum Gasteiger partial charge on any atom is -0.497 e. The van der Waals surface area contributed by atoms with Crippen molar-refractivity contribution in [2.75, 3.05) is 39.2 Å². The van der Waals surface area contributed by atoms with Crippen molar-refractivity contribution >= 4 is 35.8 Å². The fourth-order valence-electron chi connectivity index (χ4n) is 3.72. The number of nitrogens with zero attached hydrogens (tertiary/aromatic N) is 4. The lowest BCUT2D eigenvalue weighted by Gasteiger charge is -2.36. The van der Waals surface area contributed by atoms with Gasteiger partial charge in [-0.1, -0.05) is 18.2 Å². The molecule has 8 heteroatoms. The van der Waals surface area contributed by atoms with E-state index in [0.29, 0.717) is 6.54 Å². The number of morpholine rings is 1. The van der Waals surface area contributed by atoms with Crippen LogP contribution in [-0.4, -0.2) is 62.3 Å². The molecule has 1 aromatic heterocycles. The zero-order valence-electron chi connectivity index (χ0n) is 19.0. The maximum absolute atomic E-state index is 5.81. The average Bonchev–Trinajstić information content (AvgIpc) is 2.74. The number of nitrogens with one attached hydrogen (secondary N) is 1.